The molecular weight excluding hydrogens is 204 g/mol. The highest BCUT2D eigenvalue weighted by Gasteiger charge is 2.04. The lowest BCUT2D eigenvalue weighted by molar-refractivity contribution is 0.191. The molecule has 0 amide bonds. The van der Waals surface area contributed by atoms with Crippen molar-refractivity contribution < 1.29 is 14.6 Å². The molecule has 0 saturated heterocycles. The van der Waals surface area contributed by atoms with Crippen molar-refractivity contribution >= 4 is 0 Å². The van der Waals surface area contributed by atoms with E-state index in [1.54, 1.807) is 0 Å². The van der Waals surface area contributed by atoms with Crippen LogP contribution in [-0.2, 0) is 0 Å². The molecule has 0 atom stereocenters. The Morgan fingerprint density at radius 2 is 1.62 bits per heavy atom. The smallest absolute Gasteiger partial charge is 0.119 e. The van der Waals surface area contributed by atoms with Crippen LogP contribution in [0.15, 0.2) is 24.3 Å². The van der Waals surface area contributed by atoms with Crippen molar-refractivity contribution in [1.29, 1.82) is 0 Å². The van der Waals surface area contributed by atoms with Gasteiger partial charge in [0.25, 0.3) is 0 Å². The molecule has 0 radical (unpaired) electrons. The molecule has 0 aliphatic heterocycles. The third-order valence-electron chi connectivity index (χ3n) is 2.40. The van der Waals surface area contributed by atoms with Gasteiger partial charge in [-0.15, -0.1) is 0 Å². The molecular formula is C13H20O3. The molecule has 3 nitrogen and oxygen atoms in total. The van der Waals surface area contributed by atoms with Gasteiger partial charge in [-0.25, -0.2) is 0 Å². The third-order valence-corrected chi connectivity index (χ3v) is 2.40. The van der Waals surface area contributed by atoms with Crippen molar-refractivity contribution in [3.05, 3.63) is 24.3 Å². The highest BCUT2D eigenvalue weighted by atomic mass is 16.5. The number of benzene rings is 1. The van der Waals surface area contributed by atoms with E-state index in [0.717, 1.165) is 24.3 Å². The molecule has 16 heavy (non-hydrogen) atoms. The summed E-state index contributed by atoms with van der Waals surface area (Å²) >= 11 is 0. The average molecular weight is 224 g/mol. The number of hydrogen-bond donors (Lipinski definition) is 1. The number of aliphatic hydroxyl groups excluding tert-OH is 1. The van der Waals surface area contributed by atoms with E-state index in [-0.39, 0.29) is 12.7 Å². The first-order valence-corrected chi connectivity index (χ1v) is 5.80. The molecule has 0 unspecified atom stereocenters. The van der Waals surface area contributed by atoms with Crippen molar-refractivity contribution in [1.82, 2.24) is 0 Å². The lowest BCUT2D eigenvalue weighted by atomic mass is 10.2. The first-order chi connectivity index (χ1) is 7.80. The van der Waals surface area contributed by atoms with Crippen LogP contribution in [0.5, 0.6) is 11.5 Å². The Bertz CT molecular complexity index is 278. The Hall–Kier alpha value is -1.22. The van der Waals surface area contributed by atoms with E-state index in [1.165, 1.54) is 0 Å². The molecule has 1 aromatic rings. The van der Waals surface area contributed by atoms with Crippen LogP contribution in [0.1, 0.15) is 26.7 Å². The summed E-state index contributed by atoms with van der Waals surface area (Å²) in [7, 11) is 0. The standard InChI is InChI=1S/C13H20O3/c1-3-11(4-2)16-13-7-5-12(6-8-13)15-10-9-14/h5-8,11,14H,3-4,9-10H2,1-2H3. The fourth-order valence-electron chi connectivity index (χ4n) is 1.43. The Balaban J connectivity index is 2.50. The second-order valence-electron chi connectivity index (χ2n) is 3.60. The number of ether oxygens (including phenoxy) is 2. The van der Waals surface area contributed by atoms with Crippen LogP contribution in [0.2, 0.25) is 0 Å². The molecule has 0 aromatic heterocycles. The largest absolute Gasteiger partial charge is 0.491 e. The van der Waals surface area contributed by atoms with E-state index in [2.05, 4.69) is 13.8 Å². The van der Waals surface area contributed by atoms with Gasteiger partial charge >= 0.3 is 0 Å². The van der Waals surface area contributed by atoms with Crippen LogP contribution in [0, 0.1) is 0 Å². The van der Waals surface area contributed by atoms with Crippen molar-refractivity contribution in [3.63, 3.8) is 0 Å². The predicted molar refractivity (Wildman–Crippen MR) is 64.0 cm³/mol. The maximum atomic E-state index is 8.62. The lowest BCUT2D eigenvalue weighted by Gasteiger charge is -2.15. The van der Waals surface area contributed by atoms with Crippen LogP contribution in [0.4, 0.5) is 0 Å². The Labute approximate surface area is 97.0 Å². The molecule has 1 N–H and O–H groups in total. The second kappa shape index (κ2) is 7.12. The van der Waals surface area contributed by atoms with Crippen molar-refractivity contribution in [3.8, 4) is 11.5 Å². The van der Waals surface area contributed by atoms with Gasteiger partial charge in [0.15, 0.2) is 0 Å². The summed E-state index contributed by atoms with van der Waals surface area (Å²) in [6.45, 7) is 4.60. The second-order valence-corrected chi connectivity index (χ2v) is 3.60. The van der Waals surface area contributed by atoms with Crippen LogP contribution in [0.25, 0.3) is 0 Å². The van der Waals surface area contributed by atoms with E-state index in [4.69, 9.17) is 14.6 Å². The van der Waals surface area contributed by atoms with Crippen molar-refractivity contribution in [2.24, 2.45) is 0 Å². The van der Waals surface area contributed by atoms with E-state index in [9.17, 15) is 0 Å². The maximum absolute atomic E-state index is 8.62. The summed E-state index contributed by atoms with van der Waals surface area (Å²) in [5.74, 6) is 1.62. The molecule has 1 rings (SSSR count). The van der Waals surface area contributed by atoms with Crippen LogP contribution in [-0.4, -0.2) is 24.4 Å². The topological polar surface area (TPSA) is 38.7 Å². The minimum atomic E-state index is 0.0337. The molecule has 0 aliphatic carbocycles. The van der Waals surface area contributed by atoms with Crippen molar-refractivity contribution in [2.75, 3.05) is 13.2 Å². The quantitative estimate of drug-likeness (QED) is 0.773. The van der Waals surface area contributed by atoms with E-state index in [1.807, 2.05) is 24.3 Å². The Morgan fingerprint density at radius 3 is 2.12 bits per heavy atom. The van der Waals surface area contributed by atoms with Gasteiger partial charge in [0.2, 0.25) is 0 Å². The normalized spacial score (nSPS) is 10.5. The van der Waals surface area contributed by atoms with Crippen molar-refractivity contribution in [2.45, 2.75) is 32.8 Å². The van der Waals surface area contributed by atoms with Gasteiger partial charge in [0, 0.05) is 0 Å². The molecule has 0 aliphatic rings. The summed E-state index contributed by atoms with van der Waals surface area (Å²) in [6, 6.07) is 7.50. The predicted octanol–water partition coefficient (Wildman–Crippen LogP) is 2.63. The number of hydrogen-bond acceptors (Lipinski definition) is 3. The maximum Gasteiger partial charge on any atom is 0.119 e. The molecule has 0 spiro atoms. The summed E-state index contributed by atoms with van der Waals surface area (Å²) in [5.41, 5.74) is 0. The van der Waals surface area contributed by atoms with E-state index < -0.39 is 0 Å². The Kier molecular flexibility index (Phi) is 5.72. The van der Waals surface area contributed by atoms with Gasteiger partial charge in [-0.05, 0) is 37.1 Å². The molecule has 0 heterocycles. The highest BCUT2D eigenvalue weighted by molar-refractivity contribution is 5.31. The zero-order chi connectivity index (χ0) is 11.8. The van der Waals surface area contributed by atoms with Crippen LogP contribution >= 0.6 is 0 Å². The molecule has 0 fully saturated rings. The SMILES string of the molecule is CCC(CC)Oc1ccc(OCCO)cc1. The van der Waals surface area contributed by atoms with E-state index in [0.29, 0.717) is 6.61 Å². The van der Waals surface area contributed by atoms with Gasteiger partial charge < -0.3 is 14.6 Å². The minimum Gasteiger partial charge on any atom is -0.491 e. The molecule has 90 valence electrons. The van der Waals surface area contributed by atoms with Gasteiger partial charge in [0.05, 0.1) is 12.7 Å². The summed E-state index contributed by atoms with van der Waals surface area (Å²) < 4.78 is 11.0. The van der Waals surface area contributed by atoms with Gasteiger partial charge in [0.1, 0.15) is 18.1 Å². The zero-order valence-electron chi connectivity index (χ0n) is 9.98. The van der Waals surface area contributed by atoms with Gasteiger partial charge in [-0.3, -0.25) is 0 Å². The average Bonchev–Trinajstić information content (AvgIpc) is 2.35. The van der Waals surface area contributed by atoms with Crippen LogP contribution < -0.4 is 9.47 Å². The van der Waals surface area contributed by atoms with Gasteiger partial charge in [-0.2, -0.15) is 0 Å². The fourth-order valence-corrected chi connectivity index (χ4v) is 1.43. The first-order valence-electron chi connectivity index (χ1n) is 5.80. The van der Waals surface area contributed by atoms with E-state index >= 15 is 0 Å². The fraction of sp³-hybridized carbons (Fsp3) is 0.538. The molecule has 3 heteroatoms. The highest BCUT2D eigenvalue weighted by Crippen LogP contribution is 2.19. The molecule has 0 bridgehead atoms. The Morgan fingerprint density at radius 1 is 1.06 bits per heavy atom. The summed E-state index contributed by atoms with van der Waals surface area (Å²) in [6.07, 6.45) is 2.31. The zero-order valence-corrected chi connectivity index (χ0v) is 9.98. The summed E-state index contributed by atoms with van der Waals surface area (Å²) in [4.78, 5) is 0. The third kappa shape index (κ3) is 4.11. The molecule has 1 aromatic carbocycles. The number of aliphatic hydroxyl groups is 1. The van der Waals surface area contributed by atoms with Crippen LogP contribution in [0.3, 0.4) is 0 Å². The van der Waals surface area contributed by atoms with Gasteiger partial charge in [-0.1, -0.05) is 13.8 Å². The molecule has 0 saturated carbocycles. The first kappa shape index (κ1) is 12.8. The lowest BCUT2D eigenvalue weighted by Crippen LogP contribution is -2.13. The number of rotatable bonds is 7. The monoisotopic (exact) mass is 224 g/mol. The summed E-state index contributed by atoms with van der Waals surface area (Å²) in [5, 5.41) is 8.62. The minimum absolute atomic E-state index is 0.0337.